The van der Waals surface area contributed by atoms with Gasteiger partial charge in [0.05, 0.1) is 50.4 Å². The van der Waals surface area contributed by atoms with Crippen molar-refractivity contribution in [2.45, 2.75) is 13.1 Å². The second-order valence-corrected chi connectivity index (χ2v) is 17.0. The lowest BCUT2D eigenvalue weighted by Crippen LogP contribution is -2.05. The standard InChI is InChI=1S/C60H39F3N4/c1-38-32-43(34-44(33-38)60(61,62)63)41-29-31-57-50(35-41)48-23-11-15-27-56(48)67(57)58-36-42(52-37-51(39-16-4-2-5-17-39)64-59(65-52)40-18-6-3-7-19-40)28-30-49(58)47-22-10-14-26-55(47)66-53-24-12-8-20-45(53)46-21-9-13-25-54(46)66/h2-37H,1H3. The highest BCUT2D eigenvalue weighted by Crippen LogP contribution is 2.43. The van der Waals surface area contributed by atoms with Gasteiger partial charge in [0, 0.05) is 49.4 Å². The molecule has 0 fully saturated rings. The van der Waals surface area contributed by atoms with Crippen molar-refractivity contribution in [3.63, 3.8) is 0 Å². The minimum absolute atomic E-state index is 0.515. The summed E-state index contributed by atoms with van der Waals surface area (Å²) in [5, 5.41) is 4.25. The Kier molecular flexibility index (Phi) is 9.47. The summed E-state index contributed by atoms with van der Waals surface area (Å²) in [6.45, 7) is 1.71. The average Bonchev–Trinajstić information content (AvgIpc) is 3.89. The van der Waals surface area contributed by atoms with E-state index in [1.54, 1.807) is 6.92 Å². The molecule has 12 rings (SSSR count). The Hall–Kier alpha value is -8.55. The van der Waals surface area contributed by atoms with Gasteiger partial charge in [0.2, 0.25) is 0 Å². The van der Waals surface area contributed by atoms with Gasteiger partial charge < -0.3 is 9.13 Å². The Balaban J connectivity index is 1.14. The average molecular weight is 873 g/mol. The fourth-order valence-corrected chi connectivity index (χ4v) is 9.78. The second kappa shape index (κ2) is 15.9. The summed E-state index contributed by atoms with van der Waals surface area (Å²) in [6, 6.07) is 73.0. The van der Waals surface area contributed by atoms with E-state index in [2.05, 4.69) is 130 Å². The number of aromatic nitrogens is 4. The van der Waals surface area contributed by atoms with Gasteiger partial charge in [0.15, 0.2) is 5.82 Å². The number of hydrogen-bond acceptors (Lipinski definition) is 2. The molecule has 0 atom stereocenters. The first kappa shape index (κ1) is 40.0. The fourth-order valence-electron chi connectivity index (χ4n) is 9.78. The molecule has 9 aromatic carbocycles. The second-order valence-electron chi connectivity index (χ2n) is 17.0. The minimum Gasteiger partial charge on any atom is -0.309 e. The predicted molar refractivity (Wildman–Crippen MR) is 268 cm³/mol. The highest BCUT2D eigenvalue weighted by molar-refractivity contribution is 6.12. The van der Waals surface area contributed by atoms with Crippen LogP contribution in [0.25, 0.3) is 111 Å². The van der Waals surface area contributed by atoms with E-state index in [-0.39, 0.29) is 0 Å². The molecule has 67 heavy (non-hydrogen) atoms. The van der Waals surface area contributed by atoms with Crippen LogP contribution in [0, 0.1) is 6.92 Å². The lowest BCUT2D eigenvalue weighted by Gasteiger charge is -2.20. The molecule has 0 unspecified atom stereocenters. The number of hydrogen-bond donors (Lipinski definition) is 0. The van der Waals surface area contributed by atoms with Crippen LogP contribution in [0.15, 0.2) is 218 Å². The van der Waals surface area contributed by atoms with Crippen molar-refractivity contribution in [2.24, 2.45) is 0 Å². The third-order valence-electron chi connectivity index (χ3n) is 12.8. The molecular formula is C60H39F3N4. The van der Waals surface area contributed by atoms with E-state index < -0.39 is 11.7 Å². The van der Waals surface area contributed by atoms with Crippen LogP contribution in [0.3, 0.4) is 0 Å². The Morgan fingerprint density at radius 2 is 0.866 bits per heavy atom. The lowest BCUT2D eigenvalue weighted by atomic mass is 9.97. The molecule has 0 radical (unpaired) electrons. The van der Waals surface area contributed by atoms with Gasteiger partial charge in [0.1, 0.15) is 0 Å². The number of benzene rings is 9. The number of halogens is 3. The van der Waals surface area contributed by atoms with Crippen LogP contribution in [0.4, 0.5) is 13.2 Å². The maximum Gasteiger partial charge on any atom is 0.416 e. The summed E-state index contributed by atoms with van der Waals surface area (Å²) in [5.41, 5.74) is 13.5. The number of nitrogens with zero attached hydrogens (tertiary/aromatic N) is 4. The van der Waals surface area contributed by atoms with Gasteiger partial charge in [0.25, 0.3) is 0 Å². The van der Waals surface area contributed by atoms with Crippen LogP contribution in [0.5, 0.6) is 0 Å². The van der Waals surface area contributed by atoms with E-state index in [1.165, 1.54) is 22.9 Å². The normalized spacial score (nSPS) is 11.9. The first-order valence-corrected chi connectivity index (χ1v) is 22.2. The Morgan fingerprint density at radius 3 is 1.52 bits per heavy atom. The molecule has 0 aliphatic carbocycles. The summed E-state index contributed by atoms with van der Waals surface area (Å²) in [4.78, 5) is 10.3. The molecule has 0 aliphatic rings. The number of fused-ring (bicyclic) bond motifs is 6. The van der Waals surface area contributed by atoms with Crippen molar-refractivity contribution < 1.29 is 13.2 Å². The van der Waals surface area contributed by atoms with Gasteiger partial charge in [-0.25, -0.2) is 9.97 Å². The van der Waals surface area contributed by atoms with E-state index in [0.717, 1.165) is 83.4 Å². The molecule has 4 nitrogen and oxygen atoms in total. The predicted octanol–water partition coefficient (Wildman–Crippen LogP) is 16.3. The molecular weight excluding hydrogens is 834 g/mol. The molecule has 12 aromatic rings. The number of rotatable bonds is 7. The van der Waals surface area contributed by atoms with Crippen LogP contribution in [-0.2, 0) is 6.18 Å². The summed E-state index contributed by atoms with van der Waals surface area (Å²) in [7, 11) is 0. The van der Waals surface area contributed by atoms with Crippen molar-refractivity contribution in [3.05, 3.63) is 230 Å². The van der Waals surface area contributed by atoms with Gasteiger partial charge in [-0.3, -0.25) is 0 Å². The van der Waals surface area contributed by atoms with E-state index in [9.17, 15) is 13.2 Å². The van der Waals surface area contributed by atoms with E-state index in [1.807, 2.05) is 84.9 Å². The molecule has 0 saturated carbocycles. The van der Waals surface area contributed by atoms with Gasteiger partial charge in [-0.1, -0.05) is 158 Å². The van der Waals surface area contributed by atoms with Crippen LogP contribution in [0.2, 0.25) is 0 Å². The molecule has 3 aromatic heterocycles. The largest absolute Gasteiger partial charge is 0.416 e. The van der Waals surface area contributed by atoms with E-state index in [4.69, 9.17) is 9.97 Å². The topological polar surface area (TPSA) is 35.6 Å². The smallest absolute Gasteiger partial charge is 0.309 e. The van der Waals surface area contributed by atoms with Gasteiger partial charge in [-0.2, -0.15) is 13.2 Å². The number of para-hydroxylation sites is 4. The SMILES string of the molecule is Cc1cc(-c2ccc3c(c2)c2ccccc2n3-c2cc(-c3cc(-c4ccccc4)nc(-c4ccccc4)n3)ccc2-c2ccccc2-n2c3ccccc3c3ccccc32)cc(C(F)(F)F)c1. The Labute approximate surface area is 384 Å². The summed E-state index contributed by atoms with van der Waals surface area (Å²) >= 11 is 0. The van der Waals surface area contributed by atoms with Crippen molar-refractivity contribution in [1.82, 2.24) is 19.1 Å². The zero-order valence-corrected chi connectivity index (χ0v) is 36.2. The third kappa shape index (κ3) is 6.95. The molecule has 0 bridgehead atoms. The zero-order valence-electron chi connectivity index (χ0n) is 36.2. The van der Waals surface area contributed by atoms with Crippen molar-refractivity contribution in [1.29, 1.82) is 0 Å². The van der Waals surface area contributed by atoms with E-state index >= 15 is 0 Å². The molecule has 0 aliphatic heterocycles. The third-order valence-corrected chi connectivity index (χ3v) is 12.8. The first-order valence-electron chi connectivity index (χ1n) is 22.2. The Bertz CT molecular complexity index is 3750. The summed E-state index contributed by atoms with van der Waals surface area (Å²) in [6.07, 6.45) is -4.47. The van der Waals surface area contributed by atoms with Crippen LogP contribution < -0.4 is 0 Å². The van der Waals surface area contributed by atoms with Gasteiger partial charge in [-0.15, -0.1) is 0 Å². The zero-order chi connectivity index (χ0) is 45.2. The molecule has 7 heteroatoms. The first-order chi connectivity index (χ1) is 32.8. The molecule has 0 amide bonds. The van der Waals surface area contributed by atoms with Crippen molar-refractivity contribution in [2.75, 3.05) is 0 Å². The minimum atomic E-state index is -4.47. The molecule has 320 valence electrons. The van der Waals surface area contributed by atoms with Crippen molar-refractivity contribution in [3.8, 4) is 67.5 Å². The number of aryl methyl sites for hydroxylation is 1. The Morgan fingerprint density at radius 1 is 0.358 bits per heavy atom. The highest BCUT2D eigenvalue weighted by atomic mass is 19.4. The summed E-state index contributed by atoms with van der Waals surface area (Å²) < 4.78 is 47.0. The quantitative estimate of drug-likeness (QED) is 0.160. The van der Waals surface area contributed by atoms with Crippen LogP contribution in [0.1, 0.15) is 11.1 Å². The highest BCUT2D eigenvalue weighted by Gasteiger charge is 2.31. The van der Waals surface area contributed by atoms with Crippen LogP contribution >= 0.6 is 0 Å². The maximum absolute atomic E-state index is 14.1. The van der Waals surface area contributed by atoms with Crippen molar-refractivity contribution >= 4 is 43.6 Å². The monoisotopic (exact) mass is 872 g/mol. The summed E-state index contributed by atoms with van der Waals surface area (Å²) in [5.74, 6) is 0.619. The lowest BCUT2D eigenvalue weighted by molar-refractivity contribution is -0.137. The fraction of sp³-hybridized carbons (Fsp3) is 0.0333. The van der Waals surface area contributed by atoms with Gasteiger partial charge in [-0.05, 0) is 84.3 Å². The molecule has 0 saturated heterocycles. The molecule has 3 heterocycles. The number of alkyl halides is 3. The van der Waals surface area contributed by atoms with Crippen LogP contribution in [-0.4, -0.2) is 19.1 Å². The van der Waals surface area contributed by atoms with Gasteiger partial charge >= 0.3 is 6.18 Å². The maximum atomic E-state index is 14.1. The molecule has 0 N–H and O–H groups in total. The molecule has 0 spiro atoms. The van der Waals surface area contributed by atoms with E-state index in [0.29, 0.717) is 22.5 Å².